The van der Waals surface area contributed by atoms with E-state index in [0.29, 0.717) is 18.4 Å². The van der Waals surface area contributed by atoms with Crippen LogP contribution in [-0.4, -0.2) is 16.9 Å². The van der Waals surface area contributed by atoms with E-state index in [-0.39, 0.29) is 17.6 Å². The highest BCUT2D eigenvalue weighted by Crippen LogP contribution is 2.47. The van der Waals surface area contributed by atoms with E-state index < -0.39 is 5.97 Å². The van der Waals surface area contributed by atoms with Gasteiger partial charge in [-0.25, -0.2) is 0 Å². The summed E-state index contributed by atoms with van der Waals surface area (Å²) >= 11 is 0. The first-order valence-electron chi connectivity index (χ1n) is 7.05. The van der Waals surface area contributed by atoms with Crippen LogP contribution in [0.4, 0.5) is 0 Å². The molecule has 21 heavy (non-hydrogen) atoms. The monoisotopic (exact) mass is 280 g/mol. The van der Waals surface area contributed by atoms with Crippen LogP contribution < -0.4 is 0 Å². The Balaban J connectivity index is 1.67. The molecule has 1 aliphatic rings. The van der Waals surface area contributed by atoms with Crippen molar-refractivity contribution in [2.24, 2.45) is 5.92 Å². The second kappa shape index (κ2) is 5.52. The summed E-state index contributed by atoms with van der Waals surface area (Å²) in [6.45, 7) is 0. The number of carboxylic acids is 1. The van der Waals surface area contributed by atoms with Crippen LogP contribution in [-0.2, 0) is 11.2 Å². The SMILES string of the molecule is O=C(Cc1ccccc1)c1ccc(C2C[C@H]2C(=O)O)cc1. The number of rotatable bonds is 5. The Hall–Kier alpha value is -2.42. The summed E-state index contributed by atoms with van der Waals surface area (Å²) in [6.07, 6.45) is 1.09. The zero-order valence-corrected chi connectivity index (χ0v) is 11.5. The third-order valence-corrected chi connectivity index (χ3v) is 3.98. The van der Waals surface area contributed by atoms with Gasteiger partial charge >= 0.3 is 5.97 Å². The topological polar surface area (TPSA) is 54.4 Å². The van der Waals surface area contributed by atoms with Crippen LogP contribution in [0.1, 0.15) is 33.8 Å². The first kappa shape index (κ1) is 13.6. The van der Waals surface area contributed by atoms with Gasteiger partial charge in [0.25, 0.3) is 0 Å². The molecule has 0 aliphatic heterocycles. The van der Waals surface area contributed by atoms with Crippen LogP contribution in [0.5, 0.6) is 0 Å². The molecule has 2 atom stereocenters. The zero-order valence-electron chi connectivity index (χ0n) is 11.5. The molecule has 1 saturated carbocycles. The van der Waals surface area contributed by atoms with Gasteiger partial charge < -0.3 is 5.11 Å². The Kier molecular flexibility index (Phi) is 3.57. The average Bonchev–Trinajstić information content (AvgIpc) is 3.29. The Morgan fingerprint density at radius 1 is 1.00 bits per heavy atom. The second-order valence-electron chi connectivity index (χ2n) is 5.49. The first-order chi connectivity index (χ1) is 10.1. The molecule has 3 rings (SSSR count). The van der Waals surface area contributed by atoms with Gasteiger partial charge in [0.1, 0.15) is 0 Å². The molecule has 0 amide bonds. The molecule has 0 spiro atoms. The highest BCUT2D eigenvalue weighted by atomic mass is 16.4. The van der Waals surface area contributed by atoms with Crippen molar-refractivity contribution in [3.8, 4) is 0 Å². The molecule has 3 heteroatoms. The number of Topliss-reactive ketones (excluding diaryl/α,β-unsaturated/α-hetero) is 1. The standard InChI is InChI=1S/C18H16O3/c19-17(10-12-4-2-1-3-5-12)14-8-6-13(7-9-14)15-11-16(15)18(20)21/h1-9,15-16H,10-11H2,(H,20,21)/t15?,16-/m1/s1. The predicted molar refractivity (Wildman–Crippen MR) is 79.4 cm³/mol. The van der Waals surface area contributed by atoms with E-state index in [2.05, 4.69) is 0 Å². The Bertz CT molecular complexity index is 659. The van der Waals surface area contributed by atoms with Crippen molar-refractivity contribution in [2.45, 2.75) is 18.8 Å². The maximum atomic E-state index is 12.2. The largest absolute Gasteiger partial charge is 0.481 e. The van der Waals surface area contributed by atoms with Gasteiger partial charge in [-0.2, -0.15) is 0 Å². The number of ketones is 1. The van der Waals surface area contributed by atoms with E-state index in [0.717, 1.165) is 11.1 Å². The van der Waals surface area contributed by atoms with Crippen molar-refractivity contribution in [1.82, 2.24) is 0 Å². The van der Waals surface area contributed by atoms with Gasteiger partial charge in [-0.1, -0.05) is 54.6 Å². The van der Waals surface area contributed by atoms with Gasteiger partial charge in [-0.05, 0) is 23.5 Å². The van der Waals surface area contributed by atoms with E-state index in [1.54, 1.807) is 12.1 Å². The lowest BCUT2D eigenvalue weighted by molar-refractivity contribution is -0.138. The van der Waals surface area contributed by atoms with E-state index in [1.807, 2.05) is 42.5 Å². The molecule has 1 aliphatic carbocycles. The third-order valence-electron chi connectivity index (χ3n) is 3.98. The molecular weight excluding hydrogens is 264 g/mol. The van der Waals surface area contributed by atoms with Gasteiger partial charge in [-0.15, -0.1) is 0 Å². The van der Waals surface area contributed by atoms with Gasteiger partial charge in [0.15, 0.2) is 5.78 Å². The van der Waals surface area contributed by atoms with Gasteiger partial charge in [0.05, 0.1) is 5.92 Å². The average molecular weight is 280 g/mol. The smallest absolute Gasteiger partial charge is 0.307 e. The van der Waals surface area contributed by atoms with Crippen molar-refractivity contribution >= 4 is 11.8 Å². The molecule has 1 fully saturated rings. The van der Waals surface area contributed by atoms with Crippen molar-refractivity contribution < 1.29 is 14.7 Å². The van der Waals surface area contributed by atoms with Gasteiger partial charge in [-0.3, -0.25) is 9.59 Å². The molecule has 2 aromatic rings. The van der Waals surface area contributed by atoms with E-state index in [1.165, 1.54) is 0 Å². The summed E-state index contributed by atoms with van der Waals surface area (Å²) in [5.41, 5.74) is 2.69. The van der Waals surface area contributed by atoms with Crippen LogP contribution in [0.3, 0.4) is 0 Å². The molecule has 0 heterocycles. The lowest BCUT2D eigenvalue weighted by Gasteiger charge is -2.03. The highest BCUT2D eigenvalue weighted by Gasteiger charge is 2.44. The number of carbonyl (C=O) groups is 2. The number of carbonyl (C=O) groups excluding carboxylic acids is 1. The van der Waals surface area contributed by atoms with Crippen molar-refractivity contribution in [3.05, 3.63) is 71.3 Å². The maximum Gasteiger partial charge on any atom is 0.307 e. The van der Waals surface area contributed by atoms with Crippen molar-refractivity contribution in [3.63, 3.8) is 0 Å². The van der Waals surface area contributed by atoms with Crippen molar-refractivity contribution in [2.75, 3.05) is 0 Å². The summed E-state index contributed by atoms with van der Waals surface area (Å²) in [7, 11) is 0. The van der Waals surface area contributed by atoms with Gasteiger partial charge in [0.2, 0.25) is 0 Å². The minimum absolute atomic E-state index is 0.0818. The normalized spacial score (nSPS) is 20.0. The Morgan fingerprint density at radius 3 is 2.24 bits per heavy atom. The predicted octanol–water partition coefficient (Wildman–Crippen LogP) is 3.30. The Morgan fingerprint density at radius 2 is 1.67 bits per heavy atom. The number of hydrogen-bond donors (Lipinski definition) is 1. The Labute approximate surface area is 123 Å². The van der Waals surface area contributed by atoms with Crippen LogP contribution in [0.2, 0.25) is 0 Å². The maximum absolute atomic E-state index is 12.2. The van der Waals surface area contributed by atoms with E-state index in [4.69, 9.17) is 5.11 Å². The molecule has 0 aromatic heterocycles. The quantitative estimate of drug-likeness (QED) is 0.855. The summed E-state index contributed by atoms with van der Waals surface area (Å²) in [5, 5.41) is 8.94. The summed E-state index contributed by atoms with van der Waals surface area (Å²) in [5.74, 6) is -0.792. The second-order valence-corrected chi connectivity index (χ2v) is 5.49. The number of carboxylic acid groups (broad SMARTS) is 1. The molecular formula is C18H16O3. The molecule has 0 radical (unpaired) electrons. The van der Waals surface area contributed by atoms with Crippen LogP contribution in [0, 0.1) is 5.92 Å². The summed E-state index contributed by atoms with van der Waals surface area (Å²) < 4.78 is 0. The molecule has 1 N–H and O–H groups in total. The summed E-state index contributed by atoms with van der Waals surface area (Å²) in [4.78, 5) is 23.1. The van der Waals surface area contributed by atoms with E-state index in [9.17, 15) is 9.59 Å². The fourth-order valence-corrected chi connectivity index (χ4v) is 2.64. The molecule has 2 aromatic carbocycles. The lowest BCUT2D eigenvalue weighted by Crippen LogP contribution is -2.03. The van der Waals surface area contributed by atoms with Crippen LogP contribution in [0.25, 0.3) is 0 Å². The van der Waals surface area contributed by atoms with Crippen LogP contribution in [0.15, 0.2) is 54.6 Å². The molecule has 0 bridgehead atoms. The molecule has 1 unspecified atom stereocenters. The third kappa shape index (κ3) is 3.02. The molecule has 0 saturated heterocycles. The highest BCUT2D eigenvalue weighted by molar-refractivity contribution is 5.97. The number of aliphatic carboxylic acids is 1. The number of benzene rings is 2. The summed E-state index contributed by atoms with van der Waals surface area (Å²) in [6, 6.07) is 17.0. The lowest BCUT2D eigenvalue weighted by atomic mass is 10.0. The fraction of sp³-hybridized carbons (Fsp3) is 0.222. The molecule has 3 nitrogen and oxygen atoms in total. The minimum Gasteiger partial charge on any atom is -0.481 e. The first-order valence-corrected chi connectivity index (χ1v) is 7.05. The fourth-order valence-electron chi connectivity index (χ4n) is 2.64. The van der Waals surface area contributed by atoms with Gasteiger partial charge in [0, 0.05) is 12.0 Å². The molecule has 106 valence electrons. The van der Waals surface area contributed by atoms with Crippen LogP contribution >= 0.6 is 0 Å². The van der Waals surface area contributed by atoms with E-state index >= 15 is 0 Å². The number of hydrogen-bond acceptors (Lipinski definition) is 2. The zero-order chi connectivity index (χ0) is 14.8. The van der Waals surface area contributed by atoms with Crippen molar-refractivity contribution in [1.29, 1.82) is 0 Å². The minimum atomic E-state index is -0.732.